The molecule has 0 N–H and O–H groups in total. The Morgan fingerprint density at radius 2 is 2.11 bits per heavy atom. The highest BCUT2D eigenvalue weighted by molar-refractivity contribution is 6.43. The summed E-state index contributed by atoms with van der Waals surface area (Å²) in [6.45, 7) is 0. The third-order valence-electron chi connectivity index (χ3n) is 0.479. The van der Waals surface area contributed by atoms with Gasteiger partial charge >= 0.3 is 5.97 Å². The summed E-state index contributed by atoms with van der Waals surface area (Å²) in [6, 6.07) is 0. The van der Waals surface area contributed by atoms with E-state index in [1.807, 2.05) is 0 Å². The van der Waals surface area contributed by atoms with E-state index in [1.165, 1.54) is 0 Å². The second kappa shape index (κ2) is 4.35. The van der Waals surface area contributed by atoms with Crippen LogP contribution in [0.15, 0.2) is 11.1 Å². The molecule has 0 aliphatic carbocycles. The lowest BCUT2D eigenvalue weighted by Gasteiger charge is -1.87. The van der Waals surface area contributed by atoms with Crippen LogP contribution in [0.5, 0.6) is 0 Å². The van der Waals surface area contributed by atoms with Crippen LogP contribution in [0, 0.1) is 0 Å². The maximum absolute atomic E-state index is 10.2. The fourth-order valence-electron chi connectivity index (χ4n) is 0.165. The largest absolute Gasteiger partial charge is 0.367 e. The van der Waals surface area contributed by atoms with Crippen molar-refractivity contribution in [1.29, 1.82) is 0 Å². The number of carbonyl (C=O) groups is 2. The summed E-state index contributed by atoms with van der Waals surface area (Å²) in [6.07, 6.45) is 1.20. The first kappa shape index (κ1) is 8.46. The topological polar surface area (TPSA) is 43.4 Å². The molecule has 0 spiro atoms. The number of hydrogen-bond acceptors (Lipinski definition) is 3. The summed E-state index contributed by atoms with van der Waals surface area (Å²) in [5.74, 6) is -0.939. The molecule has 5 heteroatoms. The molecule has 0 fully saturated rings. The molecule has 0 aromatic rings. The van der Waals surface area contributed by atoms with Crippen molar-refractivity contribution in [3.8, 4) is 0 Å². The Morgan fingerprint density at radius 3 is 2.44 bits per heavy atom. The highest BCUT2D eigenvalue weighted by Crippen LogP contribution is 2.03. The van der Waals surface area contributed by atoms with Crippen LogP contribution in [0.1, 0.15) is 0 Å². The predicted molar refractivity (Wildman–Crippen MR) is 31.9 cm³/mol. The maximum Gasteiger partial charge on any atom is 0.367 e. The van der Waals surface area contributed by atoms with E-state index in [2.05, 4.69) is 16.2 Å². The Morgan fingerprint density at radius 1 is 1.56 bits per heavy atom. The van der Waals surface area contributed by atoms with Crippen LogP contribution in [0.4, 0.5) is 0 Å². The second-order valence-electron chi connectivity index (χ2n) is 1.02. The molecule has 3 nitrogen and oxygen atoms in total. The highest BCUT2D eigenvalue weighted by atomic mass is 35.5. The molecule has 0 aliphatic rings. The van der Waals surface area contributed by atoms with E-state index in [0.717, 1.165) is 6.08 Å². The molecule has 0 atom stereocenters. The van der Waals surface area contributed by atoms with Crippen molar-refractivity contribution in [3.05, 3.63) is 11.1 Å². The smallest absolute Gasteiger partial charge is 0.342 e. The van der Waals surface area contributed by atoms with Crippen LogP contribution in [-0.2, 0) is 13.9 Å². The van der Waals surface area contributed by atoms with Crippen LogP contribution in [0.3, 0.4) is 0 Å². The highest BCUT2D eigenvalue weighted by Gasteiger charge is 2.04. The lowest BCUT2D eigenvalue weighted by Crippen LogP contribution is -1.95. The van der Waals surface area contributed by atoms with Crippen LogP contribution in [0.2, 0.25) is 0 Å². The summed E-state index contributed by atoms with van der Waals surface area (Å²) >= 11 is 9.69. The average Bonchev–Trinajstić information content (AvgIpc) is 1.87. The summed E-state index contributed by atoms with van der Waals surface area (Å²) in [5.41, 5.74) is 0. The summed E-state index contributed by atoms with van der Waals surface area (Å²) < 4.78 is 3.64. The average molecular weight is 169 g/mol. The van der Waals surface area contributed by atoms with Crippen LogP contribution >= 0.6 is 23.5 Å². The Balaban J connectivity index is 4.01. The molecular formula is C4H2Cl2O3. The molecule has 9 heavy (non-hydrogen) atoms. The molecule has 0 saturated carbocycles. The van der Waals surface area contributed by atoms with Crippen molar-refractivity contribution in [3.63, 3.8) is 0 Å². The molecule has 50 valence electrons. The maximum atomic E-state index is 10.2. The first-order valence-electron chi connectivity index (χ1n) is 1.86. The van der Waals surface area contributed by atoms with Crippen LogP contribution in [-0.4, -0.2) is 12.3 Å². The zero-order valence-electron chi connectivity index (χ0n) is 4.14. The lowest BCUT2D eigenvalue weighted by molar-refractivity contribution is -0.129. The summed E-state index contributed by atoms with van der Waals surface area (Å²) in [5, 5.41) is -0.347. The third kappa shape index (κ3) is 3.11. The van der Waals surface area contributed by atoms with E-state index < -0.39 is 5.97 Å². The van der Waals surface area contributed by atoms with E-state index >= 15 is 0 Å². The Bertz CT molecular complexity index is 152. The molecular weight excluding hydrogens is 167 g/mol. The first-order valence-corrected chi connectivity index (χ1v) is 2.55. The Labute approximate surface area is 61.4 Å². The number of aldehydes is 1. The van der Waals surface area contributed by atoms with E-state index in [4.69, 9.17) is 11.6 Å². The molecule has 0 unspecified atom stereocenters. The van der Waals surface area contributed by atoms with E-state index in [-0.39, 0.29) is 5.03 Å². The molecule has 0 aromatic carbocycles. The van der Waals surface area contributed by atoms with Gasteiger partial charge in [-0.3, -0.25) is 4.79 Å². The van der Waals surface area contributed by atoms with Gasteiger partial charge in [-0.05, 0) is 0 Å². The van der Waals surface area contributed by atoms with Crippen molar-refractivity contribution in [2.45, 2.75) is 0 Å². The fraction of sp³-hybridized carbons (Fsp3) is 0. The standard InChI is InChI=1S/C4H2Cl2O3/c5-3(1-2-7)4(8)9-6/h1-2H. The van der Waals surface area contributed by atoms with Gasteiger partial charge in [-0.15, -0.1) is 0 Å². The van der Waals surface area contributed by atoms with E-state index in [9.17, 15) is 9.59 Å². The van der Waals surface area contributed by atoms with Crippen molar-refractivity contribution in [2.24, 2.45) is 0 Å². The molecule has 0 aliphatic heterocycles. The molecule has 0 aromatic heterocycles. The van der Waals surface area contributed by atoms with E-state index in [1.54, 1.807) is 0 Å². The van der Waals surface area contributed by atoms with Crippen molar-refractivity contribution >= 4 is 35.7 Å². The molecule has 0 saturated heterocycles. The summed E-state index contributed by atoms with van der Waals surface area (Å²) in [4.78, 5) is 19.8. The summed E-state index contributed by atoms with van der Waals surface area (Å²) in [7, 11) is 0. The van der Waals surface area contributed by atoms with Gasteiger partial charge in [0.05, 0.1) is 0 Å². The van der Waals surface area contributed by atoms with Gasteiger partial charge in [0.2, 0.25) is 0 Å². The predicted octanol–water partition coefficient (Wildman–Crippen LogP) is 1.00. The SMILES string of the molecule is O=CC=C(Cl)C(=O)OCl. The minimum atomic E-state index is -0.939. The van der Waals surface area contributed by atoms with Gasteiger partial charge in [-0.1, -0.05) is 11.6 Å². The van der Waals surface area contributed by atoms with Crippen LogP contribution in [0.25, 0.3) is 0 Å². The molecule has 0 amide bonds. The normalized spacial score (nSPS) is 10.7. The van der Waals surface area contributed by atoms with Crippen molar-refractivity contribution in [2.75, 3.05) is 0 Å². The number of rotatable bonds is 2. The molecule has 0 bridgehead atoms. The van der Waals surface area contributed by atoms with Crippen LogP contribution < -0.4 is 0 Å². The minimum absolute atomic E-state index is 0.347. The fourth-order valence-corrected chi connectivity index (χ4v) is 0.377. The number of halogens is 2. The van der Waals surface area contributed by atoms with E-state index in [0.29, 0.717) is 6.29 Å². The van der Waals surface area contributed by atoms with Crippen molar-refractivity contribution < 1.29 is 13.9 Å². The second-order valence-corrected chi connectivity index (χ2v) is 1.58. The number of hydrogen-bond donors (Lipinski definition) is 0. The van der Waals surface area contributed by atoms with Gasteiger partial charge in [0.1, 0.15) is 23.2 Å². The zero-order chi connectivity index (χ0) is 7.28. The van der Waals surface area contributed by atoms with Gasteiger partial charge in [0.15, 0.2) is 0 Å². The Hall–Kier alpha value is -0.540. The number of allylic oxidation sites excluding steroid dienone is 1. The first-order chi connectivity index (χ1) is 4.22. The zero-order valence-corrected chi connectivity index (χ0v) is 5.65. The number of carbonyl (C=O) groups excluding carboxylic acids is 2. The monoisotopic (exact) mass is 168 g/mol. The molecule has 0 radical (unpaired) electrons. The molecule has 0 rings (SSSR count). The van der Waals surface area contributed by atoms with Crippen molar-refractivity contribution in [1.82, 2.24) is 0 Å². The molecule has 0 heterocycles. The minimum Gasteiger partial charge on any atom is -0.342 e. The van der Waals surface area contributed by atoms with Gasteiger partial charge in [0.25, 0.3) is 0 Å². The van der Waals surface area contributed by atoms with Gasteiger partial charge < -0.3 is 4.29 Å². The lowest BCUT2D eigenvalue weighted by atomic mass is 10.5. The van der Waals surface area contributed by atoms with Gasteiger partial charge in [-0.25, -0.2) is 4.79 Å². The quantitative estimate of drug-likeness (QED) is 0.457. The van der Waals surface area contributed by atoms with Gasteiger partial charge in [0, 0.05) is 6.08 Å². The van der Waals surface area contributed by atoms with Gasteiger partial charge in [-0.2, -0.15) is 0 Å². The third-order valence-corrected chi connectivity index (χ3v) is 0.900. The Kier molecular flexibility index (Phi) is 4.09.